The Morgan fingerprint density at radius 1 is 0.894 bits per heavy atom. The Hall–Kier alpha value is -3.97. The van der Waals surface area contributed by atoms with Gasteiger partial charge in [0.1, 0.15) is 23.6 Å². The predicted octanol–water partition coefficient (Wildman–Crippen LogP) is 7.81. The second kappa shape index (κ2) is 14.0. The van der Waals surface area contributed by atoms with Gasteiger partial charge < -0.3 is 19.9 Å². The highest BCUT2D eigenvalue weighted by Crippen LogP contribution is 2.50. The van der Waals surface area contributed by atoms with Crippen LogP contribution in [0.5, 0.6) is 11.5 Å². The summed E-state index contributed by atoms with van der Waals surface area (Å²) in [5.74, 6) is 0.181. The van der Waals surface area contributed by atoms with Crippen LogP contribution in [0.3, 0.4) is 0 Å². The van der Waals surface area contributed by atoms with E-state index in [1.165, 1.54) is 0 Å². The first-order valence-electron chi connectivity index (χ1n) is 14.7. The van der Waals surface area contributed by atoms with E-state index in [1.807, 2.05) is 12.1 Å². The van der Waals surface area contributed by atoms with E-state index >= 15 is 0 Å². The summed E-state index contributed by atoms with van der Waals surface area (Å²) in [6.45, 7) is 3.66. The number of hydrogen-bond acceptors (Lipinski definition) is 5. The van der Waals surface area contributed by atoms with E-state index < -0.39 is 41.0 Å². The van der Waals surface area contributed by atoms with Crippen LogP contribution >= 0.6 is 11.6 Å². The summed E-state index contributed by atoms with van der Waals surface area (Å²) in [5, 5.41) is 13.1. The number of ether oxygens (including phenoxy) is 2. The molecule has 14 heteroatoms. The summed E-state index contributed by atoms with van der Waals surface area (Å²) in [6.07, 6.45) is -10.9. The van der Waals surface area contributed by atoms with E-state index in [-0.39, 0.29) is 30.9 Å². The molecule has 0 bridgehead atoms. The number of nitrogens with one attached hydrogen (secondary N) is 1. The molecule has 1 saturated heterocycles. The average Bonchev–Trinajstić information content (AvgIpc) is 3.23. The molecule has 3 amide bonds. The zero-order valence-corrected chi connectivity index (χ0v) is 26.2. The molecular formula is C33H33ClF6N2O5. The Balaban J connectivity index is 1.33. The smallest absolute Gasteiger partial charge is 0.430 e. The third-order valence-corrected chi connectivity index (χ3v) is 8.13. The normalized spacial score (nSPS) is 17.2. The van der Waals surface area contributed by atoms with Crippen LogP contribution in [0.2, 0.25) is 5.02 Å². The molecule has 2 N–H and O–H groups in total. The molecule has 254 valence electrons. The van der Waals surface area contributed by atoms with Crippen LogP contribution in [-0.4, -0.2) is 47.4 Å². The number of hydrogen-bond donors (Lipinski definition) is 2. The molecule has 3 aromatic carbocycles. The molecule has 4 rings (SSSR count). The number of rotatable bonds is 13. The lowest BCUT2D eigenvalue weighted by atomic mass is 9.90. The van der Waals surface area contributed by atoms with Gasteiger partial charge in [0.05, 0.1) is 6.61 Å². The molecule has 1 unspecified atom stereocenters. The van der Waals surface area contributed by atoms with Crippen molar-refractivity contribution in [2.24, 2.45) is 0 Å². The minimum atomic E-state index is -6.00. The van der Waals surface area contributed by atoms with E-state index in [9.17, 15) is 41.0 Å². The zero-order chi connectivity index (χ0) is 34.6. The van der Waals surface area contributed by atoms with Gasteiger partial charge in [0, 0.05) is 17.1 Å². The molecule has 0 spiro atoms. The van der Waals surface area contributed by atoms with Crippen LogP contribution in [0.15, 0.2) is 66.7 Å². The van der Waals surface area contributed by atoms with Crippen LogP contribution in [0.1, 0.15) is 55.4 Å². The number of benzene rings is 3. The van der Waals surface area contributed by atoms with Crippen LogP contribution in [0, 0.1) is 0 Å². The van der Waals surface area contributed by atoms with Crippen molar-refractivity contribution in [2.45, 2.75) is 69.6 Å². The lowest BCUT2D eigenvalue weighted by molar-refractivity contribution is -0.376. The summed E-state index contributed by atoms with van der Waals surface area (Å²) < 4.78 is 91.6. The molecule has 1 aliphatic rings. The number of aliphatic hydroxyl groups is 1. The van der Waals surface area contributed by atoms with Gasteiger partial charge in [0.15, 0.2) is 0 Å². The Morgan fingerprint density at radius 3 is 2.13 bits per heavy atom. The summed E-state index contributed by atoms with van der Waals surface area (Å²) in [6, 6.07) is 15.6. The number of nitrogens with zero attached hydrogens (tertiary/aromatic N) is 1. The van der Waals surface area contributed by atoms with Gasteiger partial charge in [-0.1, -0.05) is 55.3 Å². The fraction of sp³-hybridized carbons (Fsp3) is 0.394. The van der Waals surface area contributed by atoms with Gasteiger partial charge in [-0.3, -0.25) is 9.69 Å². The number of urea groups is 1. The molecule has 1 aliphatic heterocycles. The molecule has 7 nitrogen and oxygen atoms in total. The van der Waals surface area contributed by atoms with Gasteiger partial charge in [-0.25, -0.2) is 4.79 Å². The highest BCUT2D eigenvalue weighted by Gasteiger charge is 2.71. The van der Waals surface area contributed by atoms with Gasteiger partial charge >= 0.3 is 18.4 Å². The maximum absolute atomic E-state index is 13.4. The molecular weight excluding hydrogens is 654 g/mol. The van der Waals surface area contributed by atoms with Gasteiger partial charge in [0.2, 0.25) is 0 Å². The summed E-state index contributed by atoms with van der Waals surface area (Å²) >= 11 is 5.90. The maximum atomic E-state index is 13.4. The minimum absolute atomic E-state index is 0.0112. The topological polar surface area (TPSA) is 88.1 Å². The SMILES string of the molecule is CCCc1cc(C(O)(C(F)(F)F)C(F)(F)F)ccc1OCCCCN1C(=O)NC(C)(c2ccc(OCc3ccc(Cl)cc3)cc2)C1=O. The monoisotopic (exact) mass is 686 g/mol. The lowest BCUT2D eigenvalue weighted by Crippen LogP contribution is -2.53. The van der Waals surface area contributed by atoms with E-state index in [0.29, 0.717) is 54.3 Å². The van der Waals surface area contributed by atoms with Crippen molar-refractivity contribution in [1.29, 1.82) is 0 Å². The van der Waals surface area contributed by atoms with Crippen molar-refractivity contribution in [2.75, 3.05) is 13.2 Å². The van der Waals surface area contributed by atoms with Gasteiger partial charge in [0.25, 0.3) is 11.5 Å². The molecule has 1 atom stereocenters. The van der Waals surface area contributed by atoms with Gasteiger partial charge in [-0.15, -0.1) is 0 Å². The zero-order valence-electron chi connectivity index (χ0n) is 25.5. The number of amides is 3. The minimum Gasteiger partial charge on any atom is -0.493 e. The van der Waals surface area contributed by atoms with E-state index in [4.69, 9.17) is 21.1 Å². The largest absolute Gasteiger partial charge is 0.493 e. The maximum Gasteiger partial charge on any atom is 0.430 e. The average molecular weight is 687 g/mol. The number of alkyl halides is 6. The van der Waals surface area contributed by atoms with Crippen LogP contribution in [0.25, 0.3) is 0 Å². The summed E-state index contributed by atoms with van der Waals surface area (Å²) in [4.78, 5) is 27.1. The highest BCUT2D eigenvalue weighted by molar-refractivity contribution is 6.30. The fourth-order valence-electron chi connectivity index (χ4n) is 5.18. The van der Waals surface area contributed by atoms with Crippen molar-refractivity contribution in [1.82, 2.24) is 10.2 Å². The van der Waals surface area contributed by atoms with Crippen molar-refractivity contribution in [3.8, 4) is 11.5 Å². The van der Waals surface area contributed by atoms with E-state index in [0.717, 1.165) is 16.5 Å². The standard InChI is InChI=1S/C33H33ClF6N2O5/c1-3-6-22-19-24(31(45,32(35,36)37)33(38,39)40)11-16-27(22)46-18-5-4-17-42-28(43)30(2,41-29(42)44)23-9-14-26(15-10-23)47-20-21-7-12-25(34)13-8-21/h7-16,19,45H,3-6,17-18,20H2,1-2H3,(H,41,44). The number of aryl methyl sites for hydroxylation is 1. The van der Waals surface area contributed by atoms with Crippen LogP contribution < -0.4 is 14.8 Å². The summed E-state index contributed by atoms with van der Waals surface area (Å²) in [5.41, 5.74) is -6.16. The third-order valence-electron chi connectivity index (χ3n) is 7.88. The molecule has 0 saturated carbocycles. The Kier molecular flexibility index (Phi) is 10.7. The molecule has 47 heavy (non-hydrogen) atoms. The molecule has 1 fully saturated rings. The lowest BCUT2D eigenvalue weighted by Gasteiger charge is -2.33. The number of halogens is 7. The van der Waals surface area contributed by atoms with Crippen molar-refractivity contribution in [3.63, 3.8) is 0 Å². The van der Waals surface area contributed by atoms with Crippen molar-refractivity contribution in [3.05, 3.63) is 94.0 Å². The number of carbonyl (C=O) groups excluding carboxylic acids is 2. The first-order chi connectivity index (χ1) is 22.0. The Labute approximate surface area is 272 Å². The number of unbranched alkanes of at least 4 members (excludes halogenated alkanes) is 1. The first-order valence-corrected chi connectivity index (χ1v) is 15.1. The van der Waals surface area contributed by atoms with Crippen LogP contribution in [-0.2, 0) is 29.0 Å². The van der Waals surface area contributed by atoms with Crippen LogP contribution in [0.4, 0.5) is 31.1 Å². The Morgan fingerprint density at radius 2 is 1.53 bits per heavy atom. The van der Waals surface area contributed by atoms with E-state index in [2.05, 4.69) is 5.32 Å². The molecule has 0 aliphatic carbocycles. The highest BCUT2D eigenvalue weighted by atomic mass is 35.5. The quantitative estimate of drug-likeness (QED) is 0.109. The molecule has 1 heterocycles. The second-order valence-electron chi connectivity index (χ2n) is 11.3. The molecule has 0 aromatic heterocycles. The third kappa shape index (κ3) is 7.62. The molecule has 0 radical (unpaired) electrons. The van der Waals surface area contributed by atoms with Gasteiger partial charge in [-0.2, -0.15) is 26.3 Å². The fourth-order valence-corrected chi connectivity index (χ4v) is 5.31. The predicted molar refractivity (Wildman–Crippen MR) is 161 cm³/mol. The summed E-state index contributed by atoms with van der Waals surface area (Å²) in [7, 11) is 0. The first kappa shape index (κ1) is 35.9. The number of imide groups is 1. The van der Waals surface area contributed by atoms with Crippen molar-refractivity contribution < 1.29 is 50.5 Å². The number of carbonyl (C=O) groups is 2. The van der Waals surface area contributed by atoms with Crippen molar-refractivity contribution >= 4 is 23.5 Å². The Bertz CT molecular complexity index is 1550. The molecule has 3 aromatic rings. The second-order valence-corrected chi connectivity index (χ2v) is 11.7. The van der Waals surface area contributed by atoms with Gasteiger partial charge in [-0.05, 0) is 79.3 Å². The van der Waals surface area contributed by atoms with E-state index in [1.54, 1.807) is 50.2 Å².